The highest BCUT2D eigenvalue weighted by molar-refractivity contribution is 6.65. The van der Waals surface area contributed by atoms with Crippen molar-refractivity contribution in [3.63, 3.8) is 0 Å². The average molecular weight is 343 g/mol. The van der Waals surface area contributed by atoms with Crippen LogP contribution in [0.3, 0.4) is 0 Å². The predicted molar refractivity (Wildman–Crippen MR) is 94.9 cm³/mol. The number of nitrogens with zero attached hydrogens (tertiary/aromatic N) is 1. The van der Waals surface area contributed by atoms with Crippen LogP contribution in [-0.4, -0.2) is 28.5 Å². The average Bonchev–Trinajstić information content (AvgIpc) is 2.61. The van der Waals surface area contributed by atoms with E-state index in [2.05, 4.69) is 5.16 Å². The lowest BCUT2D eigenvalue weighted by molar-refractivity contribution is 0.135. The molecule has 5 nitrogen and oxygen atoms in total. The molecule has 1 aliphatic rings. The molecule has 126 valence electrons. The molecule has 0 saturated carbocycles. The van der Waals surface area contributed by atoms with Crippen LogP contribution in [0.25, 0.3) is 0 Å². The molecule has 1 unspecified atom stereocenters. The maximum Gasteiger partial charge on any atom is 0.421 e. The summed E-state index contributed by atoms with van der Waals surface area (Å²) in [5.74, 6) is 1.61. The van der Waals surface area contributed by atoms with Crippen molar-refractivity contribution >= 4 is 14.3 Å². The van der Waals surface area contributed by atoms with E-state index in [1.807, 2.05) is 61.6 Å². The third kappa shape index (κ3) is 3.44. The molecular formula is C18H21NO4Si. The van der Waals surface area contributed by atoms with E-state index in [0.717, 1.165) is 28.3 Å². The summed E-state index contributed by atoms with van der Waals surface area (Å²) in [6.45, 7) is 3.97. The van der Waals surface area contributed by atoms with Crippen LogP contribution < -0.4 is 9.47 Å². The van der Waals surface area contributed by atoms with Crippen molar-refractivity contribution < 1.29 is 18.4 Å². The predicted octanol–water partition coefficient (Wildman–Crippen LogP) is 3.90. The van der Waals surface area contributed by atoms with Gasteiger partial charge in [0.25, 0.3) is 0 Å². The summed E-state index contributed by atoms with van der Waals surface area (Å²) in [5.41, 5.74) is 2.73. The topological polar surface area (TPSA) is 49.3 Å². The molecule has 0 bridgehead atoms. The fourth-order valence-corrected chi connectivity index (χ4v) is 3.72. The van der Waals surface area contributed by atoms with Crippen molar-refractivity contribution in [2.45, 2.75) is 19.2 Å². The van der Waals surface area contributed by atoms with Gasteiger partial charge >= 0.3 is 8.56 Å². The van der Waals surface area contributed by atoms with Crippen LogP contribution >= 0.6 is 0 Å². The summed E-state index contributed by atoms with van der Waals surface area (Å²) in [6.07, 6.45) is -0.264. The molecule has 0 spiro atoms. The van der Waals surface area contributed by atoms with E-state index in [9.17, 15) is 0 Å². The van der Waals surface area contributed by atoms with Crippen molar-refractivity contribution in [2.24, 2.45) is 5.16 Å². The third-order valence-corrected chi connectivity index (χ3v) is 5.15. The van der Waals surface area contributed by atoms with E-state index in [-0.39, 0.29) is 6.10 Å². The first-order valence-corrected chi connectivity index (χ1v) is 10.6. The van der Waals surface area contributed by atoms with Crippen LogP contribution in [0.15, 0.2) is 53.7 Å². The zero-order valence-electron chi connectivity index (χ0n) is 14.3. The Balaban J connectivity index is 1.98. The van der Waals surface area contributed by atoms with Crippen molar-refractivity contribution in [1.82, 2.24) is 0 Å². The second-order valence-electron chi connectivity index (χ2n) is 5.97. The van der Waals surface area contributed by atoms with E-state index in [0.29, 0.717) is 0 Å². The van der Waals surface area contributed by atoms with Gasteiger partial charge in [0.15, 0.2) is 0 Å². The maximum atomic E-state index is 6.27. The minimum absolute atomic E-state index is 0.264. The van der Waals surface area contributed by atoms with Crippen LogP contribution in [0.2, 0.25) is 13.1 Å². The summed E-state index contributed by atoms with van der Waals surface area (Å²) >= 11 is 0. The summed E-state index contributed by atoms with van der Waals surface area (Å²) in [6, 6.07) is 15.6. The van der Waals surface area contributed by atoms with Crippen LogP contribution in [-0.2, 0) is 8.95 Å². The van der Waals surface area contributed by atoms with Gasteiger partial charge in [-0.15, -0.1) is 0 Å². The molecule has 1 heterocycles. The summed E-state index contributed by atoms with van der Waals surface area (Å²) in [7, 11) is 1.01. The lowest BCUT2D eigenvalue weighted by atomic mass is 9.99. The lowest BCUT2D eigenvalue weighted by Crippen LogP contribution is -2.41. The number of benzene rings is 2. The molecule has 2 aromatic carbocycles. The lowest BCUT2D eigenvalue weighted by Gasteiger charge is -2.33. The zero-order chi connectivity index (χ0) is 17.2. The first-order chi connectivity index (χ1) is 11.5. The molecule has 0 aliphatic carbocycles. The smallest absolute Gasteiger partial charge is 0.421 e. The first kappa shape index (κ1) is 16.5. The van der Waals surface area contributed by atoms with Crippen LogP contribution in [0.1, 0.15) is 17.2 Å². The Labute approximate surface area is 143 Å². The number of oxime groups is 1. The van der Waals surface area contributed by atoms with E-state index in [1.165, 1.54) is 0 Å². The van der Waals surface area contributed by atoms with Gasteiger partial charge < -0.3 is 18.4 Å². The Hall–Kier alpha value is -2.31. The molecule has 24 heavy (non-hydrogen) atoms. The maximum absolute atomic E-state index is 6.27. The fraction of sp³-hybridized carbons (Fsp3) is 0.278. The van der Waals surface area contributed by atoms with Gasteiger partial charge in [-0.25, -0.2) is 0 Å². The van der Waals surface area contributed by atoms with Crippen molar-refractivity contribution in [1.29, 1.82) is 0 Å². The monoisotopic (exact) mass is 343 g/mol. The Morgan fingerprint density at radius 3 is 1.96 bits per heavy atom. The number of ether oxygens (including phenoxy) is 2. The zero-order valence-corrected chi connectivity index (χ0v) is 15.3. The molecular weight excluding hydrogens is 322 g/mol. The molecule has 1 aliphatic heterocycles. The number of rotatable bonds is 4. The van der Waals surface area contributed by atoms with Crippen molar-refractivity contribution in [3.8, 4) is 11.5 Å². The number of methoxy groups -OCH3 is 2. The van der Waals surface area contributed by atoms with Gasteiger partial charge in [-0.2, -0.15) is 0 Å². The highest BCUT2D eigenvalue weighted by Crippen LogP contribution is 2.32. The summed E-state index contributed by atoms with van der Waals surface area (Å²) < 4.78 is 22.4. The van der Waals surface area contributed by atoms with Crippen molar-refractivity contribution in [2.75, 3.05) is 14.2 Å². The van der Waals surface area contributed by atoms with Gasteiger partial charge in [0.2, 0.25) is 0 Å². The number of hydrogen-bond acceptors (Lipinski definition) is 5. The van der Waals surface area contributed by atoms with E-state index >= 15 is 0 Å². The van der Waals surface area contributed by atoms with E-state index in [4.69, 9.17) is 18.4 Å². The Morgan fingerprint density at radius 2 is 1.42 bits per heavy atom. The molecule has 0 fully saturated rings. The van der Waals surface area contributed by atoms with Gasteiger partial charge in [0, 0.05) is 5.56 Å². The molecule has 0 aromatic heterocycles. The van der Waals surface area contributed by atoms with Gasteiger partial charge in [-0.1, -0.05) is 17.3 Å². The van der Waals surface area contributed by atoms with Gasteiger partial charge in [0.1, 0.15) is 23.3 Å². The third-order valence-electron chi connectivity index (χ3n) is 3.82. The number of hydrogen-bond donors (Lipinski definition) is 0. The molecule has 3 rings (SSSR count). The molecule has 0 amide bonds. The second kappa shape index (κ2) is 6.66. The van der Waals surface area contributed by atoms with E-state index < -0.39 is 8.56 Å². The molecule has 2 aromatic rings. The van der Waals surface area contributed by atoms with E-state index in [1.54, 1.807) is 14.2 Å². The molecule has 0 N–H and O–H groups in total. The Bertz CT molecular complexity index is 726. The fourth-order valence-electron chi connectivity index (χ4n) is 2.54. The van der Waals surface area contributed by atoms with Gasteiger partial charge in [-0.3, -0.25) is 0 Å². The highest BCUT2D eigenvalue weighted by atomic mass is 28.4. The minimum Gasteiger partial charge on any atom is -0.497 e. The minimum atomic E-state index is -2.29. The Morgan fingerprint density at radius 1 is 0.875 bits per heavy atom. The Kier molecular flexibility index (Phi) is 4.59. The summed E-state index contributed by atoms with van der Waals surface area (Å²) in [5, 5.41) is 4.39. The quantitative estimate of drug-likeness (QED) is 0.790. The molecule has 0 saturated heterocycles. The second-order valence-corrected chi connectivity index (χ2v) is 9.19. The van der Waals surface area contributed by atoms with Gasteiger partial charge in [-0.05, 0) is 55.1 Å². The van der Waals surface area contributed by atoms with Crippen LogP contribution in [0.5, 0.6) is 11.5 Å². The SMILES string of the molecule is COc1ccc(C2=NO[Si](C)(C)OC2c2ccc(OC)cc2)cc1. The molecule has 1 atom stereocenters. The molecule has 6 heteroatoms. The van der Waals surface area contributed by atoms with Crippen molar-refractivity contribution in [3.05, 3.63) is 59.7 Å². The normalized spacial score (nSPS) is 19.2. The highest BCUT2D eigenvalue weighted by Gasteiger charge is 2.38. The van der Waals surface area contributed by atoms with Gasteiger partial charge in [0.05, 0.1) is 14.2 Å². The summed E-state index contributed by atoms with van der Waals surface area (Å²) in [4.78, 5) is 0. The van der Waals surface area contributed by atoms with Crippen LogP contribution in [0.4, 0.5) is 0 Å². The first-order valence-electron chi connectivity index (χ1n) is 7.74. The molecule has 0 radical (unpaired) electrons. The van der Waals surface area contributed by atoms with Crippen LogP contribution in [0, 0.1) is 0 Å². The largest absolute Gasteiger partial charge is 0.497 e. The standard InChI is InChI=1S/C18H21NO4Si/c1-20-15-9-5-13(6-10-15)17-18(22-24(3,4)23-19-17)14-7-11-16(21-2)12-8-14/h5-12,18H,1-4H3.